The average molecular weight is 376 g/mol. The molecule has 1 aliphatic rings. The summed E-state index contributed by atoms with van der Waals surface area (Å²) in [5, 5.41) is 8.15. The maximum absolute atomic E-state index is 14.0. The highest BCUT2D eigenvalue weighted by molar-refractivity contribution is 6.29. The number of benzene rings is 1. The van der Waals surface area contributed by atoms with Gasteiger partial charge < -0.3 is 4.84 Å². The average Bonchev–Trinajstić information content (AvgIpc) is 3.29. The summed E-state index contributed by atoms with van der Waals surface area (Å²) in [6.07, 6.45) is 1.59. The topological polar surface area (TPSA) is 65.2 Å². The molecule has 132 valence electrons. The van der Waals surface area contributed by atoms with E-state index in [-0.39, 0.29) is 23.3 Å². The van der Waals surface area contributed by atoms with Gasteiger partial charge in [0, 0.05) is 12.0 Å². The minimum absolute atomic E-state index is 0.171. The van der Waals surface area contributed by atoms with Crippen LogP contribution in [-0.4, -0.2) is 32.1 Å². The molecule has 0 bridgehead atoms. The molecule has 0 radical (unpaired) electrons. The van der Waals surface area contributed by atoms with Gasteiger partial charge in [0.25, 0.3) is 0 Å². The van der Waals surface area contributed by atoms with Crippen LogP contribution in [0.4, 0.5) is 8.78 Å². The van der Waals surface area contributed by atoms with Crippen LogP contribution in [0.2, 0.25) is 5.15 Å². The molecular weight excluding hydrogens is 364 g/mol. The number of halogens is 3. The predicted octanol–water partition coefficient (Wildman–Crippen LogP) is 3.44. The van der Waals surface area contributed by atoms with Gasteiger partial charge in [-0.2, -0.15) is 5.10 Å². The number of rotatable bonds is 4. The van der Waals surface area contributed by atoms with Crippen LogP contribution >= 0.6 is 11.6 Å². The molecule has 0 spiro atoms. The smallest absolute Gasteiger partial charge is 0.181 e. The Morgan fingerprint density at radius 1 is 1.19 bits per heavy atom. The van der Waals surface area contributed by atoms with Crippen molar-refractivity contribution in [2.75, 3.05) is 6.61 Å². The van der Waals surface area contributed by atoms with E-state index in [4.69, 9.17) is 16.4 Å². The molecule has 0 aliphatic carbocycles. The van der Waals surface area contributed by atoms with Gasteiger partial charge in [-0.05, 0) is 12.1 Å². The quantitative estimate of drug-likeness (QED) is 0.655. The third-order valence-electron chi connectivity index (χ3n) is 3.89. The zero-order valence-corrected chi connectivity index (χ0v) is 14.1. The van der Waals surface area contributed by atoms with Crippen molar-refractivity contribution >= 4 is 17.3 Å². The predicted molar refractivity (Wildman–Crippen MR) is 90.8 cm³/mol. The summed E-state index contributed by atoms with van der Waals surface area (Å²) in [7, 11) is 0. The lowest BCUT2D eigenvalue weighted by Gasteiger charge is -2.07. The maximum atomic E-state index is 14.0. The van der Waals surface area contributed by atoms with Crippen molar-refractivity contribution in [3.63, 3.8) is 0 Å². The molecule has 0 amide bonds. The van der Waals surface area contributed by atoms with E-state index in [0.717, 1.165) is 6.20 Å². The largest absolute Gasteiger partial charge is 0.395 e. The molecule has 0 saturated carbocycles. The fraction of sp³-hybridized carbons (Fsp3) is 0.176. The minimum Gasteiger partial charge on any atom is -0.395 e. The van der Waals surface area contributed by atoms with E-state index in [0.29, 0.717) is 35.7 Å². The third kappa shape index (κ3) is 3.15. The lowest BCUT2D eigenvalue weighted by atomic mass is 10.1. The van der Waals surface area contributed by atoms with Crippen LogP contribution in [0.3, 0.4) is 0 Å². The van der Waals surface area contributed by atoms with Gasteiger partial charge in [-0.1, -0.05) is 35.0 Å². The second-order valence-corrected chi connectivity index (χ2v) is 5.98. The van der Waals surface area contributed by atoms with Crippen molar-refractivity contribution in [3.8, 4) is 11.5 Å². The molecule has 0 atom stereocenters. The van der Waals surface area contributed by atoms with E-state index in [1.54, 1.807) is 28.9 Å². The van der Waals surface area contributed by atoms with Crippen molar-refractivity contribution in [3.05, 3.63) is 64.6 Å². The summed E-state index contributed by atoms with van der Waals surface area (Å²) in [6.45, 7) is 0.657. The van der Waals surface area contributed by atoms with Gasteiger partial charge in [0.2, 0.25) is 0 Å². The maximum Gasteiger partial charge on any atom is 0.181 e. The van der Waals surface area contributed by atoms with E-state index in [9.17, 15) is 8.78 Å². The SMILES string of the molecule is Fc1ccccc1Cn1nc(-c2ncc(F)c(Cl)n2)cc1C1=NOCC1. The van der Waals surface area contributed by atoms with Gasteiger partial charge in [0.15, 0.2) is 16.8 Å². The molecule has 3 heterocycles. The van der Waals surface area contributed by atoms with Crippen LogP contribution in [0.15, 0.2) is 41.7 Å². The number of oxime groups is 1. The van der Waals surface area contributed by atoms with Crippen molar-refractivity contribution < 1.29 is 13.6 Å². The summed E-state index contributed by atoms with van der Waals surface area (Å²) in [6, 6.07) is 8.15. The fourth-order valence-electron chi connectivity index (χ4n) is 2.62. The molecular formula is C17H12ClF2N5O. The van der Waals surface area contributed by atoms with Crippen LogP contribution in [0.25, 0.3) is 11.5 Å². The molecule has 0 unspecified atom stereocenters. The van der Waals surface area contributed by atoms with Gasteiger partial charge in [0.1, 0.15) is 23.8 Å². The van der Waals surface area contributed by atoms with E-state index in [1.807, 2.05) is 0 Å². The van der Waals surface area contributed by atoms with E-state index in [2.05, 4.69) is 20.2 Å². The Bertz CT molecular complexity index is 1000. The van der Waals surface area contributed by atoms with Crippen LogP contribution in [-0.2, 0) is 11.4 Å². The van der Waals surface area contributed by atoms with Gasteiger partial charge in [0.05, 0.1) is 18.4 Å². The second-order valence-electron chi connectivity index (χ2n) is 5.62. The summed E-state index contributed by atoms with van der Waals surface area (Å²) < 4.78 is 28.9. The monoisotopic (exact) mass is 375 g/mol. The lowest BCUT2D eigenvalue weighted by molar-refractivity contribution is 0.174. The molecule has 4 rings (SSSR count). The lowest BCUT2D eigenvalue weighted by Crippen LogP contribution is -2.12. The molecule has 2 aromatic heterocycles. The van der Waals surface area contributed by atoms with Gasteiger partial charge in [-0.15, -0.1) is 0 Å². The fourth-order valence-corrected chi connectivity index (χ4v) is 2.75. The Morgan fingerprint density at radius 3 is 2.77 bits per heavy atom. The Labute approximate surface area is 152 Å². The minimum atomic E-state index is -0.713. The molecule has 6 nitrogen and oxygen atoms in total. The first-order valence-electron chi connectivity index (χ1n) is 7.80. The first kappa shape index (κ1) is 16.6. The highest BCUT2D eigenvalue weighted by Gasteiger charge is 2.21. The zero-order valence-electron chi connectivity index (χ0n) is 13.4. The molecule has 9 heteroatoms. The second kappa shape index (κ2) is 6.80. The van der Waals surface area contributed by atoms with Crippen molar-refractivity contribution in [1.82, 2.24) is 19.7 Å². The van der Waals surface area contributed by atoms with Gasteiger partial charge in [-0.25, -0.2) is 18.7 Å². The zero-order chi connectivity index (χ0) is 18.1. The Balaban J connectivity index is 1.77. The molecule has 0 fully saturated rings. The van der Waals surface area contributed by atoms with Crippen LogP contribution in [0.1, 0.15) is 17.7 Å². The molecule has 1 aliphatic heterocycles. The van der Waals surface area contributed by atoms with Gasteiger partial charge >= 0.3 is 0 Å². The number of nitrogens with zero attached hydrogens (tertiary/aromatic N) is 5. The molecule has 3 aromatic rings. The standard InChI is InChI=1S/C17H12ClF2N5O/c18-16-12(20)8-21-17(22-16)14-7-15(13-5-6-26-24-13)25(23-14)9-10-3-1-2-4-11(10)19/h1-4,7-8H,5-6,9H2. The highest BCUT2D eigenvalue weighted by atomic mass is 35.5. The van der Waals surface area contributed by atoms with Crippen LogP contribution in [0.5, 0.6) is 0 Å². The summed E-state index contributed by atoms with van der Waals surface area (Å²) in [5.74, 6) is -0.874. The number of hydrogen-bond donors (Lipinski definition) is 0. The molecule has 26 heavy (non-hydrogen) atoms. The van der Waals surface area contributed by atoms with Gasteiger partial charge in [-0.3, -0.25) is 4.68 Å². The van der Waals surface area contributed by atoms with E-state index >= 15 is 0 Å². The highest BCUT2D eigenvalue weighted by Crippen LogP contribution is 2.22. The summed E-state index contributed by atoms with van der Waals surface area (Å²) in [5.41, 5.74) is 2.20. The van der Waals surface area contributed by atoms with Crippen molar-refractivity contribution in [1.29, 1.82) is 0 Å². The Morgan fingerprint density at radius 2 is 2.04 bits per heavy atom. The number of hydrogen-bond acceptors (Lipinski definition) is 5. The normalized spacial score (nSPS) is 13.6. The number of aromatic nitrogens is 4. The first-order valence-corrected chi connectivity index (χ1v) is 8.18. The Hall–Kier alpha value is -2.87. The van der Waals surface area contributed by atoms with Crippen LogP contribution < -0.4 is 0 Å². The Kier molecular flexibility index (Phi) is 4.34. The summed E-state index contributed by atoms with van der Waals surface area (Å²) in [4.78, 5) is 12.9. The molecule has 1 aromatic carbocycles. The molecule has 0 saturated heterocycles. The third-order valence-corrected chi connectivity index (χ3v) is 4.15. The van der Waals surface area contributed by atoms with E-state index in [1.165, 1.54) is 6.07 Å². The summed E-state index contributed by atoms with van der Waals surface area (Å²) >= 11 is 5.73. The van der Waals surface area contributed by atoms with Crippen molar-refractivity contribution in [2.45, 2.75) is 13.0 Å². The van der Waals surface area contributed by atoms with Crippen molar-refractivity contribution in [2.24, 2.45) is 5.16 Å². The molecule has 0 N–H and O–H groups in total. The van der Waals surface area contributed by atoms with E-state index < -0.39 is 5.82 Å². The first-order chi connectivity index (χ1) is 12.6. The van der Waals surface area contributed by atoms with Crippen LogP contribution in [0, 0.1) is 11.6 Å².